The van der Waals surface area contributed by atoms with Crippen LogP contribution in [0.5, 0.6) is 5.75 Å². The van der Waals surface area contributed by atoms with Gasteiger partial charge < -0.3 is 26.0 Å². The van der Waals surface area contributed by atoms with Gasteiger partial charge in [0.25, 0.3) is 0 Å². The lowest BCUT2D eigenvalue weighted by molar-refractivity contribution is -0.383. The van der Waals surface area contributed by atoms with Gasteiger partial charge in [0.15, 0.2) is 5.52 Å². The van der Waals surface area contributed by atoms with Crippen LogP contribution in [0.2, 0.25) is 0 Å². The Morgan fingerprint density at radius 1 is 1.03 bits per heavy atom. The molecule has 5 N–H and O–H groups in total. The van der Waals surface area contributed by atoms with Crippen LogP contribution >= 0.6 is 12.4 Å². The zero-order valence-electron chi connectivity index (χ0n) is 19.4. The number of anilines is 1. The fraction of sp³-hybridized carbons (Fsp3) is 0.478. The summed E-state index contributed by atoms with van der Waals surface area (Å²) >= 11 is 0. The van der Waals surface area contributed by atoms with Crippen molar-refractivity contribution in [3.8, 4) is 5.75 Å². The molecule has 11 nitrogen and oxygen atoms in total. The number of aliphatic hydroxyl groups is 2. The van der Waals surface area contributed by atoms with E-state index >= 15 is 0 Å². The fourth-order valence-corrected chi connectivity index (χ4v) is 3.49. The molecule has 1 aromatic heterocycles. The number of nitrogens with two attached hydrogens (primary N) is 1. The van der Waals surface area contributed by atoms with E-state index in [1.165, 1.54) is 6.07 Å². The smallest absolute Gasteiger partial charge is 0.300 e. The Kier molecular flexibility index (Phi) is 11.1. The number of unbranched alkanes of at least 4 members (excludes halogenated alkanes) is 3. The van der Waals surface area contributed by atoms with Crippen LogP contribution in [-0.4, -0.2) is 57.4 Å². The summed E-state index contributed by atoms with van der Waals surface area (Å²) in [6.45, 7) is 0.835. The van der Waals surface area contributed by atoms with Crippen molar-refractivity contribution in [1.29, 1.82) is 0 Å². The van der Waals surface area contributed by atoms with E-state index in [-0.39, 0.29) is 36.8 Å². The first-order valence-corrected chi connectivity index (χ1v) is 11.3. The number of aromatic nitrogens is 2. The highest BCUT2D eigenvalue weighted by Gasteiger charge is 2.22. The highest BCUT2D eigenvalue weighted by Crippen LogP contribution is 2.28. The molecule has 0 aliphatic heterocycles. The van der Waals surface area contributed by atoms with E-state index in [1.54, 1.807) is 6.07 Å². The van der Waals surface area contributed by atoms with Crippen LogP contribution in [0, 0.1) is 10.1 Å². The Morgan fingerprint density at radius 2 is 1.71 bits per heavy atom. The number of nitrogens with zero attached hydrogens (tertiary/aromatic N) is 3. The molecule has 0 saturated heterocycles. The molecule has 3 aromatic rings. The van der Waals surface area contributed by atoms with E-state index in [4.69, 9.17) is 10.5 Å². The number of ether oxygens (including phenoxy) is 1. The summed E-state index contributed by atoms with van der Waals surface area (Å²) in [5, 5.41) is 40.2. The molecule has 192 valence electrons. The third kappa shape index (κ3) is 8.03. The molecular weight excluding hydrogens is 478 g/mol. The first-order valence-electron chi connectivity index (χ1n) is 11.3. The van der Waals surface area contributed by atoms with Gasteiger partial charge in [-0.3, -0.25) is 10.1 Å². The molecule has 1 heterocycles. The van der Waals surface area contributed by atoms with E-state index in [1.807, 2.05) is 24.3 Å². The summed E-state index contributed by atoms with van der Waals surface area (Å²) < 4.78 is 10.5. The molecular formula is C23H32ClN5O6. The van der Waals surface area contributed by atoms with Gasteiger partial charge in [0.1, 0.15) is 5.75 Å². The second-order valence-corrected chi connectivity index (χ2v) is 8.36. The third-order valence-electron chi connectivity index (χ3n) is 5.71. The van der Waals surface area contributed by atoms with E-state index in [2.05, 4.69) is 20.3 Å². The van der Waals surface area contributed by atoms with E-state index < -0.39 is 10.5 Å². The maximum Gasteiger partial charge on any atom is 0.300 e. The zero-order chi connectivity index (χ0) is 24.4. The number of aliphatic hydroxyl groups excluding tert-OH is 2. The average Bonchev–Trinajstić information content (AvgIpc) is 3.35. The molecule has 0 bridgehead atoms. The van der Waals surface area contributed by atoms with Crippen LogP contribution in [0.25, 0.3) is 11.0 Å². The van der Waals surface area contributed by atoms with E-state index in [0.29, 0.717) is 37.2 Å². The number of nitro groups is 1. The number of hydrogen-bond acceptors (Lipinski definition) is 10. The molecule has 0 spiro atoms. The van der Waals surface area contributed by atoms with Crippen molar-refractivity contribution in [1.82, 2.24) is 10.3 Å². The first-order chi connectivity index (χ1) is 16.5. The SMILES string of the molecule is Cl.NC(CO)(CO)CCc1ccc(OCCCCCCNc2ccc([N+](=O)[O-])c3nonc23)cc1. The summed E-state index contributed by atoms with van der Waals surface area (Å²) in [6, 6.07) is 10.8. The predicted octanol–water partition coefficient (Wildman–Crippen LogP) is 3.22. The van der Waals surface area contributed by atoms with Gasteiger partial charge in [-0.1, -0.05) is 25.0 Å². The van der Waals surface area contributed by atoms with Crippen LogP contribution < -0.4 is 15.8 Å². The number of benzene rings is 2. The molecule has 2 aromatic carbocycles. The van der Waals surface area contributed by atoms with Crippen LogP contribution in [0.15, 0.2) is 41.0 Å². The minimum atomic E-state index is -0.952. The molecule has 0 saturated carbocycles. The van der Waals surface area contributed by atoms with Gasteiger partial charge in [-0.05, 0) is 59.8 Å². The standard InChI is InChI=1S/C23H31N5O6.ClH/c24-23(15-29,16-30)12-11-17-5-7-18(8-6-17)33-14-4-2-1-3-13-25-19-9-10-20(28(31)32)22-21(19)26-34-27-22;/h5-10,25,29-30H,1-4,11-16,24H2;1H. The number of non-ortho nitro benzene ring substituents is 1. The van der Waals surface area contributed by atoms with Crippen LogP contribution in [0.3, 0.4) is 0 Å². The second kappa shape index (κ2) is 13.8. The summed E-state index contributed by atoms with van der Waals surface area (Å²) in [4.78, 5) is 10.5. The van der Waals surface area contributed by atoms with Gasteiger partial charge in [-0.25, -0.2) is 4.63 Å². The molecule has 0 amide bonds. The summed E-state index contributed by atoms with van der Waals surface area (Å²) in [6.07, 6.45) is 5.06. The van der Waals surface area contributed by atoms with Crippen molar-refractivity contribution >= 4 is 34.8 Å². The third-order valence-corrected chi connectivity index (χ3v) is 5.71. The first kappa shape index (κ1) is 28.2. The topological polar surface area (TPSA) is 170 Å². The molecule has 0 aliphatic rings. The normalized spacial score (nSPS) is 11.3. The Morgan fingerprint density at radius 3 is 2.40 bits per heavy atom. The maximum atomic E-state index is 11.0. The Labute approximate surface area is 209 Å². The minimum absolute atomic E-state index is 0. The number of fused-ring (bicyclic) bond motifs is 1. The highest BCUT2D eigenvalue weighted by atomic mass is 35.5. The summed E-state index contributed by atoms with van der Waals surface area (Å²) in [5.74, 6) is 0.803. The van der Waals surface area contributed by atoms with Crippen molar-refractivity contribution in [3.63, 3.8) is 0 Å². The van der Waals surface area contributed by atoms with Gasteiger partial charge in [0.05, 0.1) is 36.0 Å². The number of aryl methyl sites for hydroxylation is 1. The van der Waals surface area contributed by atoms with Gasteiger partial charge in [0.2, 0.25) is 5.52 Å². The van der Waals surface area contributed by atoms with Crippen molar-refractivity contribution in [3.05, 3.63) is 52.1 Å². The number of rotatable bonds is 15. The van der Waals surface area contributed by atoms with Crippen LogP contribution in [0.4, 0.5) is 11.4 Å². The largest absolute Gasteiger partial charge is 0.494 e. The molecule has 0 aliphatic carbocycles. The Balaban J connectivity index is 0.00000432. The molecule has 12 heteroatoms. The van der Waals surface area contributed by atoms with Crippen LogP contribution in [-0.2, 0) is 6.42 Å². The zero-order valence-corrected chi connectivity index (χ0v) is 20.2. The number of hydrogen-bond donors (Lipinski definition) is 4. The van der Waals surface area contributed by atoms with Crippen molar-refractivity contribution < 1.29 is 24.5 Å². The molecule has 0 atom stereocenters. The molecule has 0 unspecified atom stereocenters. The van der Waals surface area contributed by atoms with Gasteiger partial charge in [-0.15, -0.1) is 12.4 Å². The fourth-order valence-electron chi connectivity index (χ4n) is 3.49. The average molecular weight is 510 g/mol. The lowest BCUT2D eigenvalue weighted by Gasteiger charge is -2.24. The molecule has 3 rings (SSSR count). The summed E-state index contributed by atoms with van der Waals surface area (Å²) in [7, 11) is 0. The van der Waals surface area contributed by atoms with Gasteiger partial charge in [0, 0.05) is 12.6 Å². The maximum absolute atomic E-state index is 11.0. The number of nitro benzene ring substituents is 1. The Hall–Kier alpha value is -2.99. The quantitative estimate of drug-likeness (QED) is 0.135. The van der Waals surface area contributed by atoms with E-state index in [0.717, 1.165) is 37.0 Å². The minimum Gasteiger partial charge on any atom is -0.494 e. The number of halogens is 1. The van der Waals surface area contributed by atoms with Crippen molar-refractivity contribution in [2.24, 2.45) is 5.73 Å². The predicted molar refractivity (Wildman–Crippen MR) is 134 cm³/mol. The van der Waals surface area contributed by atoms with Crippen LogP contribution in [0.1, 0.15) is 37.7 Å². The van der Waals surface area contributed by atoms with Gasteiger partial charge >= 0.3 is 5.69 Å². The highest BCUT2D eigenvalue weighted by molar-refractivity contribution is 5.93. The number of nitrogens with one attached hydrogen (secondary N) is 1. The van der Waals surface area contributed by atoms with E-state index in [9.17, 15) is 20.3 Å². The lowest BCUT2D eigenvalue weighted by atomic mass is 9.94. The second-order valence-electron chi connectivity index (χ2n) is 8.36. The lowest BCUT2D eigenvalue weighted by Crippen LogP contribution is -2.47. The summed E-state index contributed by atoms with van der Waals surface area (Å²) in [5.41, 5.74) is 7.06. The Bertz CT molecular complexity index is 1060. The molecule has 35 heavy (non-hydrogen) atoms. The van der Waals surface area contributed by atoms with Gasteiger partial charge in [-0.2, -0.15) is 0 Å². The van der Waals surface area contributed by atoms with Crippen molar-refractivity contribution in [2.45, 2.75) is 44.1 Å². The molecule has 0 fully saturated rings. The van der Waals surface area contributed by atoms with Crippen molar-refractivity contribution in [2.75, 3.05) is 31.7 Å². The molecule has 0 radical (unpaired) electrons. The monoisotopic (exact) mass is 509 g/mol.